The van der Waals surface area contributed by atoms with E-state index in [1.165, 1.54) is 12.8 Å². The number of hydrogen-bond acceptors (Lipinski definition) is 2. The summed E-state index contributed by atoms with van der Waals surface area (Å²) in [5, 5.41) is 9.67. The Balaban J connectivity index is 1.64. The van der Waals surface area contributed by atoms with E-state index >= 15 is 0 Å². The molecule has 0 aliphatic heterocycles. The van der Waals surface area contributed by atoms with Crippen LogP contribution in [-0.2, 0) is 4.74 Å². The number of aliphatic hydroxyl groups is 1. The van der Waals surface area contributed by atoms with Crippen molar-refractivity contribution >= 4 is 0 Å². The molecule has 15 heavy (non-hydrogen) atoms. The maximum Gasteiger partial charge on any atom is 0.0773 e. The Morgan fingerprint density at radius 3 is 2.87 bits per heavy atom. The van der Waals surface area contributed by atoms with Crippen molar-refractivity contribution in [3.63, 3.8) is 0 Å². The topological polar surface area (TPSA) is 29.5 Å². The third-order valence-corrected chi connectivity index (χ3v) is 3.61. The van der Waals surface area contributed by atoms with Gasteiger partial charge in [0.25, 0.3) is 0 Å². The van der Waals surface area contributed by atoms with Gasteiger partial charge in [0.05, 0.1) is 18.8 Å². The Kier molecular flexibility index (Phi) is 3.81. The van der Waals surface area contributed by atoms with Gasteiger partial charge < -0.3 is 9.84 Å². The molecule has 2 heteroatoms. The maximum atomic E-state index is 9.67. The zero-order chi connectivity index (χ0) is 10.7. The zero-order valence-electron chi connectivity index (χ0n) is 9.56. The first-order chi connectivity index (χ1) is 7.29. The molecule has 4 atom stereocenters. The molecule has 2 rings (SSSR count). The summed E-state index contributed by atoms with van der Waals surface area (Å²) in [6.07, 6.45) is 10.3. The standard InChI is InChI=1S/C13H22O2/c1-2-3-4-12(14)9-15-13-8-10-5-6-11(13)7-10/h5-6,10-14H,2-4,7-9H2,1H3. The molecule has 2 bridgehead atoms. The van der Waals surface area contributed by atoms with Crippen molar-refractivity contribution in [2.24, 2.45) is 11.8 Å². The number of allylic oxidation sites excluding steroid dienone is 1. The molecule has 0 aromatic rings. The SMILES string of the molecule is CCCCC(O)COC1CC2C=CC1C2. The van der Waals surface area contributed by atoms with Gasteiger partial charge >= 0.3 is 0 Å². The van der Waals surface area contributed by atoms with E-state index in [0.717, 1.165) is 25.2 Å². The summed E-state index contributed by atoms with van der Waals surface area (Å²) in [6.45, 7) is 2.68. The van der Waals surface area contributed by atoms with Crippen LogP contribution < -0.4 is 0 Å². The van der Waals surface area contributed by atoms with Crippen molar-refractivity contribution in [1.82, 2.24) is 0 Å². The summed E-state index contributed by atoms with van der Waals surface area (Å²) in [4.78, 5) is 0. The summed E-state index contributed by atoms with van der Waals surface area (Å²) < 4.78 is 5.79. The average Bonchev–Trinajstić information content (AvgIpc) is 2.84. The lowest BCUT2D eigenvalue weighted by atomic mass is 10.0. The number of aliphatic hydroxyl groups excluding tert-OH is 1. The fourth-order valence-corrected chi connectivity index (χ4v) is 2.68. The quantitative estimate of drug-likeness (QED) is 0.683. The van der Waals surface area contributed by atoms with E-state index in [-0.39, 0.29) is 6.10 Å². The van der Waals surface area contributed by atoms with Crippen LogP contribution in [0.5, 0.6) is 0 Å². The minimum atomic E-state index is -0.256. The molecule has 1 saturated carbocycles. The van der Waals surface area contributed by atoms with Gasteiger partial charge in [-0.05, 0) is 25.2 Å². The van der Waals surface area contributed by atoms with Crippen molar-refractivity contribution < 1.29 is 9.84 Å². The monoisotopic (exact) mass is 210 g/mol. The second-order valence-electron chi connectivity index (χ2n) is 4.95. The van der Waals surface area contributed by atoms with Gasteiger partial charge in [-0.1, -0.05) is 31.9 Å². The number of unbranched alkanes of at least 4 members (excludes halogenated alkanes) is 1. The first-order valence-electron chi connectivity index (χ1n) is 6.27. The van der Waals surface area contributed by atoms with E-state index in [1.54, 1.807) is 0 Å². The van der Waals surface area contributed by atoms with Crippen LogP contribution >= 0.6 is 0 Å². The van der Waals surface area contributed by atoms with Crippen molar-refractivity contribution in [3.05, 3.63) is 12.2 Å². The van der Waals surface area contributed by atoms with Crippen LogP contribution in [0.15, 0.2) is 12.2 Å². The van der Waals surface area contributed by atoms with Crippen LogP contribution in [0.4, 0.5) is 0 Å². The van der Waals surface area contributed by atoms with Crippen LogP contribution in [0, 0.1) is 11.8 Å². The molecule has 1 N–H and O–H groups in total. The van der Waals surface area contributed by atoms with Crippen molar-refractivity contribution in [2.45, 2.75) is 51.2 Å². The van der Waals surface area contributed by atoms with Gasteiger partial charge in [0.2, 0.25) is 0 Å². The maximum absolute atomic E-state index is 9.67. The fourth-order valence-electron chi connectivity index (χ4n) is 2.68. The Hall–Kier alpha value is -0.340. The predicted molar refractivity (Wildman–Crippen MR) is 60.6 cm³/mol. The molecular formula is C13H22O2. The molecule has 4 unspecified atom stereocenters. The number of hydrogen-bond donors (Lipinski definition) is 1. The lowest BCUT2D eigenvalue weighted by Gasteiger charge is -2.20. The van der Waals surface area contributed by atoms with E-state index in [0.29, 0.717) is 18.6 Å². The summed E-state index contributed by atoms with van der Waals surface area (Å²) in [6, 6.07) is 0. The van der Waals surface area contributed by atoms with Crippen molar-refractivity contribution in [2.75, 3.05) is 6.61 Å². The minimum Gasteiger partial charge on any atom is -0.391 e. The normalized spacial score (nSPS) is 34.9. The third kappa shape index (κ3) is 2.82. The smallest absolute Gasteiger partial charge is 0.0773 e. The largest absolute Gasteiger partial charge is 0.391 e. The summed E-state index contributed by atoms with van der Waals surface area (Å²) >= 11 is 0. The minimum absolute atomic E-state index is 0.256. The molecule has 0 spiro atoms. The Bertz CT molecular complexity index is 225. The molecule has 2 aliphatic rings. The third-order valence-electron chi connectivity index (χ3n) is 3.61. The highest BCUT2D eigenvalue weighted by Gasteiger charge is 2.36. The van der Waals surface area contributed by atoms with Gasteiger partial charge in [0, 0.05) is 5.92 Å². The van der Waals surface area contributed by atoms with Crippen LogP contribution in [0.2, 0.25) is 0 Å². The van der Waals surface area contributed by atoms with E-state index < -0.39 is 0 Å². The molecule has 0 saturated heterocycles. The van der Waals surface area contributed by atoms with E-state index in [2.05, 4.69) is 19.1 Å². The Morgan fingerprint density at radius 2 is 2.27 bits per heavy atom. The van der Waals surface area contributed by atoms with Gasteiger partial charge in [-0.25, -0.2) is 0 Å². The highest BCUT2D eigenvalue weighted by atomic mass is 16.5. The predicted octanol–water partition coefficient (Wildman–Crippen LogP) is 2.52. The van der Waals surface area contributed by atoms with E-state index in [4.69, 9.17) is 4.74 Å². The number of ether oxygens (including phenoxy) is 1. The summed E-state index contributed by atoms with van der Waals surface area (Å²) in [5.41, 5.74) is 0. The first-order valence-corrected chi connectivity index (χ1v) is 6.27. The highest BCUT2D eigenvalue weighted by molar-refractivity contribution is 5.10. The summed E-state index contributed by atoms with van der Waals surface area (Å²) in [5.74, 6) is 1.39. The van der Waals surface area contributed by atoms with Gasteiger partial charge in [-0.15, -0.1) is 0 Å². The molecule has 2 nitrogen and oxygen atoms in total. The summed E-state index contributed by atoms with van der Waals surface area (Å²) in [7, 11) is 0. The molecular weight excluding hydrogens is 188 g/mol. The molecule has 2 aliphatic carbocycles. The van der Waals surface area contributed by atoms with Crippen LogP contribution in [0.3, 0.4) is 0 Å². The number of fused-ring (bicyclic) bond motifs is 2. The van der Waals surface area contributed by atoms with E-state index in [1.807, 2.05) is 0 Å². The van der Waals surface area contributed by atoms with E-state index in [9.17, 15) is 5.11 Å². The average molecular weight is 210 g/mol. The second-order valence-corrected chi connectivity index (χ2v) is 4.95. The molecule has 0 radical (unpaired) electrons. The lowest BCUT2D eigenvalue weighted by Crippen LogP contribution is -2.24. The Morgan fingerprint density at radius 1 is 1.40 bits per heavy atom. The lowest BCUT2D eigenvalue weighted by molar-refractivity contribution is -0.0223. The molecule has 86 valence electrons. The molecule has 0 aromatic carbocycles. The Labute approximate surface area is 92.3 Å². The molecule has 0 amide bonds. The number of rotatable bonds is 6. The van der Waals surface area contributed by atoms with Gasteiger partial charge in [-0.2, -0.15) is 0 Å². The second kappa shape index (κ2) is 5.13. The van der Waals surface area contributed by atoms with Crippen LogP contribution in [0.25, 0.3) is 0 Å². The van der Waals surface area contributed by atoms with Gasteiger partial charge in [-0.3, -0.25) is 0 Å². The first kappa shape index (κ1) is 11.2. The van der Waals surface area contributed by atoms with Crippen molar-refractivity contribution in [1.29, 1.82) is 0 Å². The zero-order valence-corrected chi connectivity index (χ0v) is 9.56. The van der Waals surface area contributed by atoms with Crippen molar-refractivity contribution in [3.8, 4) is 0 Å². The fraction of sp³-hybridized carbons (Fsp3) is 0.846. The molecule has 0 aromatic heterocycles. The highest BCUT2D eigenvalue weighted by Crippen LogP contribution is 2.40. The van der Waals surface area contributed by atoms with Gasteiger partial charge in [0.15, 0.2) is 0 Å². The van der Waals surface area contributed by atoms with Crippen LogP contribution in [0.1, 0.15) is 39.0 Å². The molecule has 1 fully saturated rings. The van der Waals surface area contributed by atoms with Crippen LogP contribution in [-0.4, -0.2) is 23.9 Å². The van der Waals surface area contributed by atoms with Gasteiger partial charge in [0.1, 0.15) is 0 Å². The molecule has 0 heterocycles.